The Hall–Kier alpha value is -3.82. The number of alkyl halides is 3. The number of anilines is 2. The number of hydrogen-bond acceptors (Lipinski definition) is 5. The molecule has 7 nitrogen and oxygen atoms in total. The third kappa shape index (κ3) is 4.72. The lowest BCUT2D eigenvalue weighted by atomic mass is 10.1. The van der Waals surface area contributed by atoms with Crippen molar-refractivity contribution in [2.75, 3.05) is 17.7 Å². The highest BCUT2D eigenvalue weighted by Gasteiger charge is 2.34. The normalized spacial score (nSPS) is 11.0. The first-order valence-electron chi connectivity index (χ1n) is 8.15. The van der Waals surface area contributed by atoms with E-state index in [1.807, 2.05) is 0 Å². The minimum absolute atomic E-state index is 0.0501. The highest BCUT2D eigenvalue weighted by molar-refractivity contribution is 6.05. The summed E-state index contributed by atoms with van der Waals surface area (Å²) >= 11 is 0. The second kappa shape index (κ2) is 8.05. The number of carbonyl (C=O) groups excluding carboxylic acids is 2. The predicted octanol–water partition coefficient (Wildman–Crippen LogP) is 4.21. The maximum Gasteiger partial charge on any atom is 0.418 e. The summed E-state index contributed by atoms with van der Waals surface area (Å²) in [5.74, 6) is -1.28. The summed E-state index contributed by atoms with van der Waals surface area (Å²) in [7, 11) is 1.39. The van der Waals surface area contributed by atoms with Crippen LogP contribution in [0.2, 0.25) is 0 Å². The molecule has 0 saturated heterocycles. The Labute approximate surface area is 162 Å². The monoisotopic (exact) mass is 405 g/mol. The molecule has 2 aromatic heterocycles. The van der Waals surface area contributed by atoms with Crippen LogP contribution in [0.3, 0.4) is 0 Å². The molecule has 2 amide bonds. The molecule has 0 aliphatic carbocycles. The van der Waals surface area contributed by atoms with Crippen LogP contribution >= 0.6 is 0 Å². The number of pyridine rings is 1. The first-order valence-corrected chi connectivity index (χ1v) is 8.15. The number of furan rings is 1. The van der Waals surface area contributed by atoms with Crippen molar-refractivity contribution in [3.8, 4) is 5.88 Å². The molecular weight excluding hydrogens is 391 g/mol. The second-order valence-corrected chi connectivity index (χ2v) is 5.73. The van der Waals surface area contributed by atoms with Crippen molar-refractivity contribution < 1.29 is 31.9 Å². The average molecular weight is 405 g/mol. The van der Waals surface area contributed by atoms with Crippen LogP contribution in [0.15, 0.2) is 59.3 Å². The Morgan fingerprint density at radius 2 is 1.86 bits per heavy atom. The summed E-state index contributed by atoms with van der Waals surface area (Å²) in [6.45, 7) is 0. The standard InChI is InChI=1S/C19H14F3N3O4/c1-28-16-7-4-11(10-23-16)17(26)25-14-6-5-12(9-13(14)19(20,21)22)24-18(27)15-3-2-8-29-15/h2-10H,1H3,(H,24,27)(H,25,26). The highest BCUT2D eigenvalue weighted by atomic mass is 19.4. The molecule has 0 bridgehead atoms. The van der Waals surface area contributed by atoms with Crippen LogP contribution in [0, 0.1) is 0 Å². The number of amides is 2. The van der Waals surface area contributed by atoms with Gasteiger partial charge in [-0.1, -0.05) is 0 Å². The molecule has 3 aromatic rings. The fourth-order valence-corrected chi connectivity index (χ4v) is 2.40. The van der Waals surface area contributed by atoms with Crippen LogP contribution in [-0.2, 0) is 6.18 Å². The zero-order valence-electron chi connectivity index (χ0n) is 14.9. The lowest BCUT2D eigenvalue weighted by Gasteiger charge is -2.15. The van der Waals surface area contributed by atoms with Crippen molar-refractivity contribution in [1.29, 1.82) is 0 Å². The van der Waals surface area contributed by atoms with Gasteiger partial charge in [-0.2, -0.15) is 13.2 Å². The van der Waals surface area contributed by atoms with E-state index in [1.165, 1.54) is 49.9 Å². The number of halogens is 3. The van der Waals surface area contributed by atoms with Gasteiger partial charge in [-0.25, -0.2) is 4.98 Å². The summed E-state index contributed by atoms with van der Waals surface area (Å²) in [5.41, 5.74) is -1.64. The number of rotatable bonds is 5. The van der Waals surface area contributed by atoms with Crippen LogP contribution in [0.4, 0.5) is 24.5 Å². The molecule has 2 heterocycles. The second-order valence-electron chi connectivity index (χ2n) is 5.73. The SMILES string of the molecule is COc1ccc(C(=O)Nc2ccc(NC(=O)c3ccco3)cc2C(F)(F)F)cn1. The first kappa shape index (κ1) is 19.9. The minimum atomic E-state index is -4.77. The molecule has 3 rings (SSSR count). The van der Waals surface area contributed by atoms with Crippen molar-refractivity contribution in [1.82, 2.24) is 4.98 Å². The van der Waals surface area contributed by atoms with Crippen LogP contribution in [0.5, 0.6) is 5.88 Å². The Morgan fingerprint density at radius 1 is 1.07 bits per heavy atom. The zero-order valence-corrected chi connectivity index (χ0v) is 14.9. The van der Waals surface area contributed by atoms with E-state index in [9.17, 15) is 22.8 Å². The largest absolute Gasteiger partial charge is 0.481 e. The molecule has 0 atom stereocenters. The molecule has 29 heavy (non-hydrogen) atoms. The zero-order chi connectivity index (χ0) is 21.0. The Kier molecular flexibility index (Phi) is 5.53. The van der Waals surface area contributed by atoms with Crippen molar-refractivity contribution in [3.63, 3.8) is 0 Å². The minimum Gasteiger partial charge on any atom is -0.481 e. The molecule has 0 spiro atoms. The van der Waals surface area contributed by atoms with Gasteiger partial charge in [0, 0.05) is 18.0 Å². The van der Waals surface area contributed by atoms with Crippen molar-refractivity contribution in [2.45, 2.75) is 6.18 Å². The molecule has 1 aromatic carbocycles. The van der Waals surface area contributed by atoms with Gasteiger partial charge in [0.05, 0.1) is 30.2 Å². The van der Waals surface area contributed by atoms with Gasteiger partial charge in [-0.05, 0) is 36.4 Å². The van der Waals surface area contributed by atoms with E-state index in [0.29, 0.717) is 0 Å². The summed E-state index contributed by atoms with van der Waals surface area (Å²) in [4.78, 5) is 28.1. The topological polar surface area (TPSA) is 93.5 Å². The molecule has 0 saturated carbocycles. The molecule has 0 fully saturated rings. The van der Waals surface area contributed by atoms with Gasteiger partial charge >= 0.3 is 6.18 Å². The third-order valence-corrected chi connectivity index (χ3v) is 3.78. The molecule has 10 heteroatoms. The van der Waals surface area contributed by atoms with Gasteiger partial charge in [0.1, 0.15) is 0 Å². The molecule has 0 aliphatic rings. The Bertz CT molecular complexity index is 1020. The summed E-state index contributed by atoms with van der Waals surface area (Å²) in [6, 6.07) is 8.63. The molecule has 150 valence electrons. The van der Waals surface area contributed by atoms with Gasteiger partial charge in [-0.3, -0.25) is 9.59 Å². The van der Waals surface area contributed by atoms with E-state index in [4.69, 9.17) is 9.15 Å². The molecular formula is C19H14F3N3O4. The smallest absolute Gasteiger partial charge is 0.418 e. The predicted molar refractivity (Wildman–Crippen MR) is 96.8 cm³/mol. The Balaban J connectivity index is 1.84. The number of methoxy groups -OCH3 is 1. The third-order valence-electron chi connectivity index (χ3n) is 3.78. The number of benzene rings is 1. The van der Waals surface area contributed by atoms with E-state index in [0.717, 1.165) is 12.1 Å². The van der Waals surface area contributed by atoms with E-state index < -0.39 is 29.2 Å². The number of hydrogen-bond donors (Lipinski definition) is 2. The molecule has 0 radical (unpaired) electrons. The number of nitrogens with zero attached hydrogens (tertiary/aromatic N) is 1. The van der Waals surface area contributed by atoms with Gasteiger partial charge in [0.2, 0.25) is 5.88 Å². The molecule has 2 N–H and O–H groups in total. The van der Waals surface area contributed by atoms with E-state index in [2.05, 4.69) is 15.6 Å². The quantitative estimate of drug-likeness (QED) is 0.663. The van der Waals surface area contributed by atoms with Crippen LogP contribution in [-0.4, -0.2) is 23.9 Å². The molecule has 0 unspecified atom stereocenters. The number of aromatic nitrogens is 1. The Morgan fingerprint density at radius 3 is 2.45 bits per heavy atom. The summed E-state index contributed by atoms with van der Waals surface area (Å²) < 4.78 is 50.2. The lowest BCUT2D eigenvalue weighted by molar-refractivity contribution is -0.136. The van der Waals surface area contributed by atoms with Gasteiger partial charge in [-0.15, -0.1) is 0 Å². The van der Waals surface area contributed by atoms with Crippen LogP contribution in [0.25, 0.3) is 0 Å². The van der Waals surface area contributed by atoms with Crippen molar-refractivity contribution in [2.24, 2.45) is 0 Å². The van der Waals surface area contributed by atoms with Gasteiger partial charge < -0.3 is 19.8 Å². The maximum atomic E-state index is 13.5. The van der Waals surface area contributed by atoms with E-state index in [-0.39, 0.29) is 22.9 Å². The average Bonchev–Trinajstić information content (AvgIpc) is 3.23. The van der Waals surface area contributed by atoms with E-state index in [1.54, 1.807) is 0 Å². The van der Waals surface area contributed by atoms with E-state index >= 15 is 0 Å². The van der Waals surface area contributed by atoms with Crippen LogP contribution in [0.1, 0.15) is 26.5 Å². The number of nitrogens with one attached hydrogen (secondary N) is 2. The maximum absolute atomic E-state index is 13.5. The summed E-state index contributed by atoms with van der Waals surface area (Å²) in [6.07, 6.45) is -2.33. The number of ether oxygens (including phenoxy) is 1. The van der Waals surface area contributed by atoms with Crippen LogP contribution < -0.4 is 15.4 Å². The van der Waals surface area contributed by atoms with Gasteiger partial charge in [0.25, 0.3) is 11.8 Å². The van der Waals surface area contributed by atoms with Crippen molar-refractivity contribution in [3.05, 3.63) is 71.8 Å². The fraction of sp³-hybridized carbons (Fsp3) is 0.105. The van der Waals surface area contributed by atoms with Gasteiger partial charge in [0.15, 0.2) is 5.76 Å². The lowest BCUT2D eigenvalue weighted by Crippen LogP contribution is -2.18. The highest BCUT2D eigenvalue weighted by Crippen LogP contribution is 2.37. The number of carbonyl (C=O) groups is 2. The first-order chi connectivity index (χ1) is 13.8. The van der Waals surface area contributed by atoms with Crippen molar-refractivity contribution >= 4 is 23.2 Å². The fourth-order valence-electron chi connectivity index (χ4n) is 2.40. The molecule has 0 aliphatic heterocycles. The summed E-state index contributed by atoms with van der Waals surface area (Å²) in [5, 5.41) is 4.52.